The van der Waals surface area contributed by atoms with Gasteiger partial charge in [0, 0.05) is 0 Å². The molecule has 0 aliphatic heterocycles. The molecule has 3 nitrogen and oxygen atoms in total. The molecule has 3 rings (SSSR count). The lowest BCUT2D eigenvalue weighted by atomic mass is 10.2. The number of halogens is 2. The van der Waals surface area contributed by atoms with Crippen LogP contribution in [0.5, 0.6) is 0 Å². The molecular weight excluding hydrogens is 438 g/mol. The third-order valence-electron chi connectivity index (χ3n) is 5.80. The molecule has 0 radical (unpaired) electrons. The van der Waals surface area contributed by atoms with Gasteiger partial charge in [-0.2, -0.15) is 0 Å². The van der Waals surface area contributed by atoms with Gasteiger partial charge in [-0.3, -0.25) is 0 Å². The second kappa shape index (κ2) is 11.2. The Kier molecular flexibility index (Phi) is 8.54. The van der Waals surface area contributed by atoms with Crippen LogP contribution >= 0.6 is 0 Å². The lowest BCUT2D eigenvalue weighted by Crippen LogP contribution is -2.67. The summed E-state index contributed by atoms with van der Waals surface area (Å²) in [6.07, 6.45) is -5.97. The number of hydrogen-bond donors (Lipinski definition) is 1. The minimum Gasteiger partial charge on any atom is -0.405 e. The molecule has 1 N–H and O–H groups in total. The average molecular weight is 471 g/mol. The van der Waals surface area contributed by atoms with Gasteiger partial charge in [-0.15, -0.1) is 0 Å². The van der Waals surface area contributed by atoms with Gasteiger partial charge >= 0.3 is 0 Å². The predicted octanol–water partition coefficient (Wildman–Crippen LogP) is 4.77. The van der Waals surface area contributed by atoms with Crippen LogP contribution in [0.3, 0.4) is 0 Å². The molecule has 0 aliphatic carbocycles. The maximum atomic E-state index is 13.8. The molecule has 0 aliphatic rings. The summed E-state index contributed by atoms with van der Waals surface area (Å²) in [6, 6.07) is 28.9. The van der Waals surface area contributed by atoms with E-state index in [1.807, 2.05) is 78.9 Å². The van der Waals surface area contributed by atoms with Gasteiger partial charge in [0.25, 0.3) is 14.7 Å². The van der Waals surface area contributed by atoms with E-state index in [0.717, 1.165) is 15.9 Å². The number of ether oxygens (including phenoxy) is 1. The van der Waals surface area contributed by atoms with Gasteiger partial charge in [-0.05, 0) is 21.0 Å². The second-order valence-electron chi connectivity index (χ2n) is 9.14. The van der Waals surface area contributed by atoms with E-state index in [4.69, 9.17) is 9.16 Å². The summed E-state index contributed by atoms with van der Waals surface area (Å²) >= 11 is 0. The van der Waals surface area contributed by atoms with E-state index in [1.54, 1.807) is 12.1 Å². The van der Waals surface area contributed by atoms with Crippen LogP contribution in [0.15, 0.2) is 91.0 Å². The van der Waals surface area contributed by atoms with Crippen molar-refractivity contribution in [2.45, 2.75) is 51.0 Å². The Morgan fingerprint density at radius 1 is 0.788 bits per heavy atom. The molecule has 0 saturated heterocycles. The van der Waals surface area contributed by atoms with Crippen LogP contribution in [-0.4, -0.2) is 38.7 Å². The van der Waals surface area contributed by atoms with E-state index in [1.165, 1.54) is 0 Å². The Morgan fingerprint density at radius 2 is 1.24 bits per heavy atom. The van der Waals surface area contributed by atoms with Gasteiger partial charge in [-0.25, -0.2) is 8.78 Å². The number of hydrogen-bond acceptors (Lipinski definition) is 3. The topological polar surface area (TPSA) is 38.7 Å². The van der Waals surface area contributed by atoms with Gasteiger partial charge in [-0.1, -0.05) is 112 Å². The van der Waals surface area contributed by atoms with Crippen LogP contribution in [0.4, 0.5) is 8.78 Å². The smallest absolute Gasteiger partial charge is 0.267 e. The van der Waals surface area contributed by atoms with E-state index in [9.17, 15) is 13.9 Å². The molecule has 176 valence electrons. The van der Waals surface area contributed by atoms with Crippen molar-refractivity contribution < 1.29 is 23.1 Å². The van der Waals surface area contributed by atoms with Crippen LogP contribution in [0, 0.1) is 0 Å². The molecule has 2 unspecified atom stereocenters. The van der Waals surface area contributed by atoms with Crippen molar-refractivity contribution in [1.29, 1.82) is 0 Å². The molecule has 0 bridgehead atoms. The van der Waals surface area contributed by atoms with Crippen LogP contribution in [0.25, 0.3) is 0 Å². The third kappa shape index (κ3) is 5.95. The minimum atomic E-state index is -2.94. The fraction of sp³-hybridized carbons (Fsp3) is 0.333. The maximum absolute atomic E-state index is 13.8. The molecule has 6 heteroatoms. The van der Waals surface area contributed by atoms with Crippen LogP contribution in [0.1, 0.15) is 26.3 Å². The van der Waals surface area contributed by atoms with Gasteiger partial charge < -0.3 is 14.3 Å². The van der Waals surface area contributed by atoms with Crippen LogP contribution in [-0.2, 0) is 15.8 Å². The van der Waals surface area contributed by atoms with Crippen LogP contribution in [0.2, 0.25) is 5.04 Å². The van der Waals surface area contributed by atoms with E-state index >= 15 is 0 Å². The predicted molar refractivity (Wildman–Crippen MR) is 131 cm³/mol. The monoisotopic (exact) mass is 470 g/mol. The molecule has 3 aromatic rings. The molecule has 0 aromatic heterocycles. The second-order valence-corrected chi connectivity index (χ2v) is 13.4. The van der Waals surface area contributed by atoms with Gasteiger partial charge in [0.1, 0.15) is 12.2 Å². The summed E-state index contributed by atoms with van der Waals surface area (Å²) in [4.78, 5) is 0. The van der Waals surface area contributed by atoms with E-state index in [2.05, 4.69) is 20.8 Å². The summed E-state index contributed by atoms with van der Waals surface area (Å²) in [5.41, 5.74) is 0.767. The van der Waals surface area contributed by atoms with Crippen molar-refractivity contribution in [2.75, 3.05) is 6.61 Å². The van der Waals surface area contributed by atoms with Gasteiger partial charge in [0.2, 0.25) is 0 Å². The first-order valence-corrected chi connectivity index (χ1v) is 13.0. The quantitative estimate of drug-likeness (QED) is 0.434. The van der Waals surface area contributed by atoms with Crippen molar-refractivity contribution in [3.8, 4) is 0 Å². The lowest BCUT2D eigenvalue weighted by molar-refractivity contribution is -0.129. The first kappa shape index (κ1) is 25.2. The van der Waals surface area contributed by atoms with Crippen molar-refractivity contribution in [2.24, 2.45) is 0 Å². The first-order chi connectivity index (χ1) is 15.8. The summed E-state index contributed by atoms with van der Waals surface area (Å²) in [7, 11) is -2.94. The highest BCUT2D eigenvalue weighted by molar-refractivity contribution is 6.99. The number of rotatable bonds is 10. The van der Waals surface area contributed by atoms with E-state index in [-0.39, 0.29) is 18.3 Å². The summed E-state index contributed by atoms with van der Waals surface area (Å²) in [6.45, 7) is 6.04. The zero-order valence-corrected chi connectivity index (χ0v) is 20.3. The molecule has 0 fully saturated rings. The highest BCUT2D eigenvalue weighted by Crippen LogP contribution is 2.37. The fourth-order valence-corrected chi connectivity index (χ4v) is 8.76. The summed E-state index contributed by atoms with van der Waals surface area (Å²) in [5.74, 6) is 0. The number of benzene rings is 3. The molecule has 33 heavy (non-hydrogen) atoms. The van der Waals surface area contributed by atoms with Gasteiger partial charge in [0.05, 0.1) is 13.2 Å². The summed E-state index contributed by atoms with van der Waals surface area (Å²) < 4.78 is 39.7. The van der Waals surface area contributed by atoms with Crippen molar-refractivity contribution in [1.82, 2.24) is 0 Å². The molecule has 0 saturated carbocycles. The Morgan fingerprint density at radius 3 is 1.67 bits per heavy atom. The van der Waals surface area contributed by atoms with E-state index in [0.29, 0.717) is 0 Å². The molecule has 0 spiro atoms. The maximum Gasteiger partial charge on any atom is 0.267 e. The number of aliphatic hydroxyl groups is 1. The SMILES string of the molecule is CC(C)(C)[Si](OCC(O)C(OCc1ccccc1)C(F)F)(c1ccccc1)c1ccccc1. The minimum absolute atomic E-state index is 0.00782. The molecule has 0 amide bonds. The Hall–Kier alpha value is -2.38. The zero-order chi connectivity index (χ0) is 23.9. The third-order valence-corrected chi connectivity index (χ3v) is 10.8. The average Bonchev–Trinajstić information content (AvgIpc) is 2.80. The molecule has 3 aromatic carbocycles. The lowest BCUT2D eigenvalue weighted by Gasteiger charge is -2.43. The molecule has 0 heterocycles. The fourth-order valence-electron chi connectivity index (χ4n) is 4.19. The Bertz CT molecular complexity index is 923. The van der Waals surface area contributed by atoms with Crippen molar-refractivity contribution >= 4 is 18.7 Å². The summed E-state index contributed by atoms with van der Waals surface area (Å²) in [5, 5.41) is 12.5. The standard InChI is InChI=1S/C27H32F2O3Si/c1-27(2,3)33(22-15-9-5-10-16-22,23-17-11-6-12-18-23)32-20-24(30)25(26(28)29)31-19-21-13-7-4-8-14-21/h4-18,24-26,30H,19-20H2,1-3H3. The Labute approximate surface area is 196 Å². The largest absolute Gasteiger partial charge is 0.405 e. The molecular formula is C27H32F2O3Si. The highest BCUT2D eigenvalue weighted by atomic mass is 28.4. The Balaban J connectivity index is 1.88. The van der Waals surface area contributed by atoms with E-state index < -0.39 is 27.0 Å². The molecule has 2 atom stereocenters. The van der Waals surface area contributed by atoms with Crippen molar-refractivity contribution in [3.05, 3.63) is 96.6 Å². The zero-order valence-electron chi connectivity index (χ0n) is 19.3. The van der Waals surface area contributed by atoms with Crippen LogP contribution < -0.4 is 10.4 Å². The number of alkyl halides is 2. The van der Waals surface area contributed by atoms with Crippen molar-refractivity contribution in [3.63, 3.8) is 0 Å². The normalized spacial score (nSPS) is 14.3. The first-order valence-electron chi connectivity index (χ1n) is 11.1. The highest BCUT2D eigenvalue weighted by Gasteiger charge is 2.50. The van der Waals surface area contributed by atoms with Gasteiger partial charge in [0.15, 0.2) is 0 Å². The number of aliphatic hydroxyl groups excluding tert-OH is 1.